The summed E-state index contributed by atoms with van der Waals surface area (Å²) < 4.78 is 26.9. The number of halogens is 2. The summed E-state index contributed by atoms with van der Waals surface area (Å²) in [5.41, 5.74) is 0.435. The lowest BCUT2D eigenvalue weighted by molar-refractivity contribution is 0.511. The molecule has 0 bridgehead atoms. The van der Waals surface area contributed by atoms with Crippen LogP contribution in [0.1, 0.15) is 13.3 Å². The molecule has 5 heteroatoms. The van der Waals surface area contributed by atoms with Crippen molar-refractivity contribution in [3.63, 3.8) is 0 Å². The summed E-state index contributed by atoms with van der Waals surface area (Å²) >= 11 is 0. The molecule has 1 N–H and O–H groups in total. The van der Waals surface area contributed by atoms with E-state index in [1.54, 1.807) is 0 Å². The Morgan fingerprint density at radius 3 is 2.72 bits per heavy atom. The monoisotopic (exact) mass is 249 g/mol. The highest BCUT2D eigenvalue weighted by atomic mass is 19.2. The lowest BCUT2D eigenvalue weighted by atomic mass is 10.1. The molecule has 0 saturated carbocycles. The summed E-state index contributed by atoms with van der Waals surface area (Å²) in [5.74, 6) is -1.33. The third-order valence-electron chi connectivity index (χ3n) is 2.45. The fraction of sp³-hybridized carbons (Fsp3) is 0.231. The maximum absolute atomic E-state index is 13.7. The fourth-order valence-corrected chi connectivity index (χ4v) is 1.59. The number of nitrogens with one attached hydrogen (secondary N) is 1. The van der Waals surface area contributed by atoms with E-state index in [1.165, 1.54) is 24.5 Å². The number of rotatable bonds is 4. The second-order valence-electron chi connectivity index (χ2n) is 3.78. The highest BCUT2D eigenvalue weighted by Gasteiger charge is 2.14. The van der Waals surface area contributed by atoms with Crippen molar-refractivity contribution in [1.29, 1.82) is 0 Å². The lowest BCUT2D eigenvalue weighted by Gasteiger charge is -2.09. The Labute approximate surface area is 104 Å². The van der Waals surface area contributed by atoms with Crippen LogP contribution in [0.5, 0.6) is 0 Å². The van der Waals surface area contributed by atoms with E-state index < -0.39 is 11.6 Å². The van der Waals surface area contributed by atoms with Crippen LogP contribution in [0.25, 0.3) is 11.3 Å². The highest BCUT2D eigenvalue weighted by Crippen LogP contribution is 2.27. The number of nitrogens with zero attached hydrogens (tertiary/aromatic N) is 2. The predicted molar refractivity (Wildman–Crippen MR) is 66.2 cm³/mol. The Bertz CT molecular complexity index is 544. The predicted octanol–water partition coefficient (Wildman–Crippen LogP) is 3.24. The third kappa shape index (κ3) is 2.45. The van der Waals surface area contributed by atoms with Gasteiger partial charge in [0, 0.05) is 24.5 Å². The number of aromatic nitrogens is 2. The number of hydrogen-bond donors (Lipinski definition) is 1. The minimum absolute atomic E-state index is 0.113. The Morgan fingerprint density at radius 1 is 1.17 bits per heavy atom. The van der Waals surface area contributed by atoms with E-state index in [0.29, 0.717) is 18.1 Å². The SMILES string of the molecule is CCCNc1nccnc1-c1cccc(F)c1F. The van der Waals surface area contributed by atoms with Gasteiger partial charge in [-0.1, -0.05) is 13.0 Å². The number of anilines is 1. The van der Waals surface area contributed by atoms with Gasteiger partial charge in [-0.25, -0.2) is 13.8 Å². The smallest absolute Gasteiger partial charge is 0.168 e. The van der Waals surface area contributed by atoms with Crippen LogP contribution in [0.4, 0.5) is 14.6 Å². The zero-order chi connectivity index (χ0) is 13.0. The van der Waals surface area contributed by atoms with E-state index in [9.17, 15) is 8.78 Å². The molecular weight excluding hydrogens is 236 g/mol. The molecule has 94 valence electrons. The normalized spacial score (nSPS) is 10.4. The molecular formula is C13H13F2N3. The first-order chi connectivity index (χ1) is 8.74. The van der Waals surface area contributed by atoms with Crippen LogP contribution < -0.4 is 5.32 Å². The Kier molecular flexibility index (Phi) is 3.82. The quantitative estimate of drug-likeness (QED) is 0.903. The van der Waals surface area contributed by atoms with Crippen LogP contribution in [0, 0.1) is 11.6 Å². The van der Waals surface area contributed by atoms with Gasteiger partial charge in [-0.3, -0.25) is 4.98 Å². The van der Waals surface area contributed by atoms with Gasteiger partial charge in [0.05, 0.1) is 0 Å². The third-order valence-corrected chi connectivity index (χ3v) is 2.45. The first kappa shape index (κ1) is 12.4. The van der Waals surface area contributed by atoms with Crippen LogP contribution in [0.15, 0.2) is 30.6 Å². The van der Waals surface area contributed by atoms with E-state index in [0.717, 1.165) is 12.5 Å². The second-order valence-corrected chi connectivity index (χ2v) is 3.78. The van der Waals surface area contributed by atoms with E-state index >= 15 is 0 Å². The number of hydrogen-bond acceptors (Lipinski definition) is 3. The summed E-state index contributed by atoms with van der Waals surface area (Å²) in [6.45, 7) is 2.70. The molecule has 3 nitrogen and oxygen atoms in total. The van der Waals surface area contributed by atoms with Crippen LogP contribution in [0.2, 0.25) is 0 Å². The van der Waals surface area contributed by atoms with Crippen molar-refractivity contribution in [3.05, 3.63) is 42.2 Å². The molecule has 0 radical (unpaired) electrons. The van der Waals surface area contributed by atoms with E-state index in [1.807, 2.05) is 6.92 Å². The van der Waals surface area contributed by atoms with Gasteiger partial charge < -0.3 is 5.32 Å². The van der Waals surface area contributed by atoms with Crippen molar-refractivity contribution in [2.24, 2.45) is 0 Å². The minimum atomic E-state index is -0.905. The average molecular weight is 249 g/mol. The van der Waals surface area contributed by atoms with Gasteiger partial charge in [0.15, 0.2) is 17.5 Å². The van der Waals surface area contributed by atoms with Gasteiger partial charge in [-0.2, -0.15) is 0 Å². The molecule has 2 aromatic rings. The molecule has 0 aliphatic carbocycles. The Morgan fingerprint density at radius 2 is 1.94 bits per heavy atom. The van der Waals surface area contributed by atoms with Crippen molar-refractivity contribution in [2.45, 2.75) is 13.3 Å². The van der Waals surface area contributed by atoms with E-state index in [2.05, 4.69) is 15.3 Å². The van der Waals surface area contributed by atoms with Gasteiger partial charge in [0.25, 0.3) is 0 Å². The molecule has 1 aromatic carbocycles. The first-order valence-corrected chi connectivity index (χ1v) is 5.73. The van der Waals surface area contributed by atoms with Crippen molar-refractivity contribution in [2.75, 3.05) is 11.9 Å². The molecule has 1 heterocycles. The van der Waals surface area contributed by atoms with Crippen molar-refractivity contribution >= 4 is 5.82 Å². The fourth-order valence-electron chi connectivity index (χ4n) is 1.59. The zero-order valence-corrected chi connectivity index (χ0v) is 9.95. The maximum atomic E-state index is 13.7. The van der Waals surface area contributed by atoms with Crippen molar-refractivity contribution in [3.8, 4) is 11.3 Å². The summed E-state index contributed by atoms with van der Waals surface area (Å²) in [4.78, 5) is 8.17. The molecule has 0 atom stereocenters. The molecule has 0 spiro atoms. The highest BCUT2D eigenvalue weighted by molar-refractivity contribution is 5.71. The average Bonchev–Trinajstić information content (AvgIpc) is 2.40. The molecule has 0 amide bonds. The van der Waals surface area contributed by atoms with Gasteiger partial charge >= 0.3 is 0 Å². The summed E-state index contributed by atoms with van der Waals surface area (Å²) in [6.07, 6.45) is 3.87. The number of benzene rings is 1. The van der Waals surface area contributed by atoms with Crippen LogP contribution in [-0.2, 0) is 0 Å². The lowest BCUT2D eigenvalue weighted by Crippen LogP contribution is -2.05. The molecule has 0 saturated heterocycles. The molecule has 18 heavy (non-hydrogen) atoms. The van der Waals surface area contributed by atoms with E-state index in [4.69, 9.17) is 0 Å². The molecule has 0 unspecified atom stereocenters. The standard InChI is InChI=1S/C13H13F2N3/c1-2-6-17-13-12(16-7-8-18-13)9-4-3-5-10(14)11(9)15/h3-5,7-8H,2,6H2,1H3,(H,17,18). The summed E-state index contributed by atoms with van der Waals surface area (Å²) in [6, 6.07) is 4.01. The van der Waals surface area contributed by atoms with Crippen LogP contribution >= 0.6 is 0 Å². The van der Waals surface area contributed by atoms with Gasteiger partial charge in [-0.15, -0.1) is 0 Å². The van der Waals surface area contributed by atoms with Crippen LogP contribution in [0.3, 0.4) is 0 Å². The van der Waals surface area contributed by atoms with Gasteiger partial charge in [-0.05, 0) is 18.6 Å². The van der Waals surface area contributed by atoms with Crippen LogP contribution in [-0.4, -0.2) is 16.5 Å². The van der Waals surface area contributed by atoms with E-state index in [-0.39, 0.29) is 5.56 Å². The summed E-state index contributed by atoms with van der Waals surface area (Å²) in [5, 5.41) is 3.05. The zero-order valence-electron chi connectivity index (χ0n) is 9.95. The molecule has 0 aliphatic rings. The van der Waals surface area contributed by atoms with Crippen molar-refractivity contribution in [1.82, 2.24) is 9.97 Å². The van der Waals surface area contributed by atoms with Gasteiger partial charge in [0.2, 0.25) is 0 Å². The largest absolute Gasteiger partial charge is 0.368 e. The molecule has 0 fully saturated rings. The Hall–Kier alpha value is -2.04. The first-order valence-electron chi connectivity index (χ1n) is 5.73. The van der Waals surface area contributed by atoms with Crippen molar-refractivity contribution < 1.29 is 8.78 Å². The second kappa shape index (κ2) is 5.53. The Balaban J connectivity index is 2.46. The topological polar surface area (TPSA) is 37.8 Å². The minimum Gasteiger partial charge on any atom is -0.368 e. The summed E-state index contributed by atoms with van der Waals surface area (Å²) in [7, 11) is 0. The maximum Gasteiger partial charge on any atom is 0.168 e. The molecule has 0 aliphatic heterocycles. The molecule has 1 aromatic heterocycles. The van der Waals surface area contributed by atoms with Gasteiger partial charge in [0.1, 0.15) is 5.69 Å². The molecule has 2 rings (SSSR count).